The van der Waals surface area contributed by atoms with Crippen molar-refractivity contribution in [3.63, 3.8) is 0 Å². The van der Waals surface area contributed by atoms with Gasteiger partial charge >= 0.3 is 0 Å². The minimum Gasteiger partial charge on any atom is -0.387 e. The van der Waals surface area contributed by atoms with Crippen molar-refractivity contribution in [3.05, 3.63) is 51.2 Å². The van der Waals surface area contributed by atoms with E-state index in [1.54, 1.807) is 4.90 Å². The van der Waals surface area contributed by atoms with Crippen LogP contribution in [0.4, 0.5) is 0 Å². The Morgan fingerprint density at radius 3 is 2.90 bits per heavy atom. The Balaban J connectivity index is 1.47. The van der Waals surface area contributed by atoms with Gasteiger partial charge in [0.15, 0.2) is 0 Å². The van der Waals surface area contributed by atoms with Crippen LogP contribution in [0.1, 0.15) is 48.3 Å². The molecule has 30 heavy (non-hydrogen) atoms. The molecule has 2 aromatic heterocycles. The van der Waals surface area contributed by atoms with E-state index in [1.807, 2.05) is 23.7 Å². The molecule has 0 aromatic carbocycles. The van der Waals surface area contributed by atoms with E-state index in [9.17, 15) is 14.7 Å². The molecule has 0 saturated carbocycles. The van der Waals surface area contributed by atoms with E-state index in [1.165, 1.54) is 0 Å². The number of hydrogen-bond acceptors (Lipinski definition) is 5. The van der Waals surface area contributed by atoms with Crippen LogP contribution in [0.2, 0.25) is 0 Å². The standard InChI is InChI=1S/C22H31N5O3/c1-3-4-18-8-19(24-23-18)13-25(2)11-16-5-6-20-17-7-15(10-27(20)22(16)30)9-26(12-17)21(29)14-28/h5-6,8,15,17,28H,3-4,7,9-14H2,1-2H3,(H,23,24)/t15-,17+/m0/s1. The third-order valence-corrected chi connectivity index (χ3v) is 6.24. The van der Waals surface area contributed by atoms with Gasteiger partial charge in [-0.05, 0) is 37.9 Å². The highest BCUT2D eigenvalue weighted by Crippen LogP contribution is 2.35. The summed E-state index contributed by atoms with van der Waals surface area (Å²) < 4.78 is 1.91. The fourth-order valence-electron chi connectivity index (χ4n) is 4.93. The number of nitrogens with one attached hydrogen (secondary N) is 1. The zero-order valence-corrected chi connectivity index (χ0v) is 17.8. The van der Waals surface area contributed by atoms with Gasteiger partial charge < -0.3 is 14.6 Å². The number of hydrogen-bond donors (Lipinski definition) is 2. The molecule has 0 aliphatic carbocycles. The van der Waals surface area contributed by atoms with Crippen LogP contribution in [0.5, 0.6) is 0 Å². The van der Waals surface area contributed by atoms with E-state index >= 15 is 0 Å². The third-order valence-electron chi connectivity index (χ3n) is 6.24. The molecule has 0 spiro atoms. The maximum absolute atomic E-state index is 13.2. The second-order valence-electron chi connectivity index (χ2n) is 8.76. The highest BCUT2D eigenvalue weighted by atomic mass is 16.3. The van der Waals surface area contributed by atoms with Gasteiger partial charge in [0.25, 0.3) is 5.56 Å². The van der Waals surface area contributed by atoms with Crippen LogP contribution < -0.4 is 5.56 Å². The van der Waals surface area contributed by atoms with E-state index in [0.29, 0.717) is 32.7 Å². The first-order valence-electron chi connectivity index (χ1n) is 10.8. The Hall–Kier alpha value is -2.45. The molecule has 4 heterocycles. The number of H-pyrrole nitrogens is 1. The van der Waals surface area contributed by atoms with Crippen molar-refractivity contribution in [1.82, 2.24) is 24.6 Å². The minimum atomic E-state index is -0.451. The van der Waals surface area contributed by atoms with Crippen LogP contribution in [0, 0.1) is 5.92 Å². The quantitative estimate of drug-likeness (QED) is 0.709. The third kappa shape index (κ3) is 4.20. The van der Waals surface area contributed by atoms with Crippen LogP contribution in [-0.4, -0.2) is 62.3 Å². The van der Waals surface area contributed by atoms with E-state index in [2.05, 4.69) is 28.1 Å². The lowest BCUT2D eigenvalue weighted by Crippen LogP contribution is -2.50. The first-order valence-corrected chi connectivity index (χ1v) is 10.8. The fourth-order valence-corrected chi connectivity index (χ4v) is 4.93. The van der Waals surface area contributed by atoms with Crippen LogP contribution >= 0.6 is 0 Å². The molecule has 2 N–H and O–H groups in total. The topological polar surface area (TPSA) is 94.5 Å². The number of amides is 1. The molecule has 1 saturated heterocycles. The largest absolute Gasteiger partial charge is 0.387 e. The number of aromatic amines is 1. The number of fused-ring (bicyclic) bond motifs is 4. The number of rotatable bonds is 7. The number of aliphatic hydroxyl groups is 1. The average molecular weight is 414 g/mol. The van der Waals surface area contributed by atoms with Gasteiger partial charge in [-0.15, -0.1) is 0 Å². The molecular weight excluding hydrogens is 382 g/mol. The smallest absolute Gasteiger partial charge is 0.255 e. The van der Waals surface area contributed by atoms with E-state index < -0.39 is 6.61 Å². The molecule has 1 amide bonds. The number of nitrogens with zero attached hydrogens (tertiary/aromatic N) is 4. The zero-order chi connectivity index (χ0) is 21.3. The number of piperidine rings is 1. The van der Waals surface area contributed by atoms with Crippen molar-refractivity contribution in [2.24, 2.45) is 5.92 Å². The van der Waals surface area contributed by atoms with Crippen molar-refractivity contribution in [2.45, 2.75) is 51.7 Å². The average Bonchev–Trinajstić information content (AvgIpc) is 3.16. The van der Waals surface area contributed by atoms with Crippen LogP contribution in [0.25, 0.3) is 0 Å². The van der Waals surface area contributed by atoms with Crippen molar-refractivity contribution >= 4 is 5.91 Å². The maximum atomic E-state index is 13.2. The number of aryl methyl sites for hydroxylation is 1. The van der Waals surface area contributed by atoms with E-state index in [0.717, 1.165) is 41.9 Å². The lowest BCUT2D eigenvalue weighted by molar-refractivity contribution is -0.136. The summed E-state index contributed by atoms with van der Waals surface area (Å²) in [6, 6.07) is 6.08. The monoisotopic (exact) mass is 413 g/mol. The fraction of sp³-hybridized carbons (Fsp3) is 0.591. The van der Waals surface area contributed by atoms with Crippen LogP contribution in [0.3, 0.4) is 0 Å². The molecule has 2 atom stereocenters. The molecule has 0 unspecified atom stereocenters. The molecule has 2 bridgehead atoms. The molecular formula is C22H31N5O3. The molecule has 1 fully saturated rings. The number of carbonyl (C=O) groups is 1. The van der Waals surface area contributed by atoms with Gasteiger partial charge in [-0.1, -0.05) is 19.4 Å². The number of pyridine rings is 1. The lowest BCUT2D eigenvalue weighted by atomic mass is 9.83. The highest BCUT2D eigenvalue weighted by molar-refractivity contribution is 5.77. The molecule has 2 aliphatic rings. The Kier molecular flexibility index (Phi) is 6.06. The van der Waals surface area contributed by atoms with Crippen LogP contribution in [-0.2, 0) is 30.8 Å². The van der Waals surface area contributed by atoms with Crippen molar-refractivity contribution < 1.29 is 9.90 Å². The predicted octanol–water partition coefficient (Wildman–Crippen LogP) is 1.09. The number of aliphatic hydroxyl groups excluding tert-OH is 1. The first kappa shape index (κ1) is 20.8. The summed E-state index contributed by atoms with van der Waals surface area (Å²) in [5, 5.41) is 16.6. The Morgan fingerprint density at radius 2 is 2.13 bits per heavy atom. The van der Waals surface area contributed by atoms with Gasteiger partial charge in [0.2, 0.25) is 5.91 Å². The van der Waals surface area contributed by atoms with Gasteiger partial charge in [0.05, 0.1) is 5.69 Å². The lowest BCUT2D eigenvalue weighted by Gasteiger charge is -2.42. The molecule has 4 rings (SSSR count). The summed E-state index contributed by atoms with van der Waals surface area (Å²) in [4.78, 5) is 29.0. The molecule has 8 heteroatoms. The molecule has 0 radical (unpaired) electrons. The van der Waals surface area contributed by atoms with Gasteiger partial charge in [0.1, 0.15) is 6.61 Å². The van der Waals surface area contributed by atoms with Crippen molar-refractivity contribution in [1.29, 1.82) is 0 Å². The van der Waals surface area contributed by atoms with Crippen LogP contribution in [0.15, 0.2) is 23.0 Å². The van der Waals surface area contributed by atoms with Gasteiger partial charge in [-0.25, -0.2) is 0 Å². The normalized spacial score (nSPS) is 20.5. The summed E-state index contributed by atoms with van der Waals surface area (Å²) >= 11 is 0. The van der Waals surface area contributed by atoms with Crippen molar-refractivity contribution in [3.8, 4) is 0 Å². The summed E-state index contributed by atoms with van der Waals surface area (Å²) in [5.41, 5.74) is 4.01. The second-order valence-corrected chi connectivity index (χ2v) is 8.76. The molecule has 8 nitrogen and oxygen atoms in total. The van der Waals surface area contributed by atoms with E-state index in [4.69, 9.17) is 0 Å². The minimum absolute atomic E-state index is 0.0762. The maximum Gasteiger partial charge on any atom is 0.255 e. The summed E-state index contributed by atoms with van der Waals surface area (Å²) in [6.45, 7) is 4.81. The number of carbonyl (C=O) groups excluding carboxylic acids is 1. The van der Waals surface area contributed by atoms with Gasteiger partial charge in [-0.2, -0.15) is 5.10 Å². The zero-order valence-electron chi connectivity index (χ0n) is 17.8. The summed E-state index contributed by atoms with van der Waals surface area (Å²) in [7, 11) is 2.01. The number of aromatic nitrogens is 3. The Bertz CT molecular complexity index is 966. The van der Waals surface area contributed by atoms with E-state index in [-0.39, 0.29) is 23.3 Å². The first-order chi connectivity index (χ1) is 14.5. The summed E-state index contributed by atoms with van der Waals surface area (Å²) in [6.07, 6.45) is 3.03. The Labute approximate surface area is 176 Å². The molecule has 2 aromatic rings. The van der Waals surface area contributed by atoms with Gasteiger partial charge in [-0.3, -0.25) is 19.6 Å². The Morgan fingerprint density at radius 1 is 1.30 bits per heavy atom. The van der Waals surface area contributed by atoms with Crippen molar-refractivity contribution in [2.75, 3.05) is 26.7 Å². The highest BCUT2D eigenvalue weighted by Gasteiger charge is 2.36. The number of likely N-dealkylation sites (tertiary alicyclic amines) is 1. The SMILES string of the molecule is CCCc1cc(CN(C)Cc2ccc3n(c2=O)C[C@H]2C[C@@H]3CN(C(=O)CO)C2)[nH]n1. The predicted molar refractivity (Wildman–Crippen MR) is 113 cm³/mol. The summed E-state index contributed by atoms with van der Waals surface area (Å²) in [5.74, 6) is 0.202. The second kappa shape index (κ2) is 8.73. The molecule has 162 valence electrons. The van der Waals surface area contributed by atoms with Gasteiger partial charge in [0, 0.05) is 55.6 Å². The molecule has 2 aliphatic heterocycles.